The molecule has 128 valence electrons. The molecule has 1 fully saturated rings. The topological polar surface area (TPSA) is 57.7 Å². The van der Waals surface area contributed by atoms with E-state index >= 15 is 0 Å². The highest BCUT2D eigenvalue weighted by molar-refractivity contribution is 5.37. The van der Waals surface area contributed by atoms with E-state index in [-0.39, 0.29) is 12.0 Å². The molecule has 0 radical (unpaired) electrons. The third-order valence-electron chi connectivity index (χ3n) is 4.73. The minimum absolute atomic E-state index is 0.0842. The summed E-state index contributed by atoms with van der Waals surface area (Å²) in [5.74, 6) is 0.960. The summed E-state index contributed by atoms with van der Waals surface area (Å²) in [5.41, 5.74) is 1.37. The quantitative estimate of drug-likeness (QED) is 0.912. The predicted molar refractivity (Wildman–Crippen MR) is 81.6 cm³/mol. The number of aromatic nitrogens is 4. The van der Waals surface area contributed by atoms with E-state index in [0.717, 1.165) is 56.1 Å². The molecule has 1 saturated heterocycles. The molecule has 1 unspecified atom stereocenters. The molecule has 1 N–H and O–H groups in total. The number of nitrogens with one attached hydrogen (secondary N) is 1. The largest absolute Gasteiger partial charge is 0.433 e. The Labute approximate surface area is 137 Å². The molecule has 3 heterocycles. The Morgan fingerprint density at radius 1 is 1.12 bits per heavy atom. The number of nitrogens with zero attached hydrogens (tertiary/aromatic N) is 4. The second kappa shape index (κ2) is 5.75. The first-order valence-corrected chi connectivity index (χ1v) is 8.27. The monoisotopic (exact) mass is 337 g/mol. The zero-order valence-corrected chi connectivity index (χ0v) is 13.1. The fourth-order valence-electron chi connectivity index (χ4n) is 3.57. The molecule has 8 heteroatoms. The molecule has 1 atom stereocenters. The zero-order chi connectivity index (χ0) is 16.7. The number of hydrogen-bond acceptors (Lipinski definition) is 4. The number of halogens is 3. The van der Waals surface area contributed by atoms with E-state index in [1.54, 1.807) is 0 Å². The molecule has 2 aromatic heterocycles. The standard InChI is InChI=1S/C16H18F3N5/c17-16(18,19)13-7-8-20-15(23-13)24-9-3-6-12(24)14-21-10-4-1-2-5-11(10)22-14/h7-8,12H,1-6,9H2,(H,21,22). The van der Waals surface area contributed by atoms with E-state index < -0.39 is 11.9 Å². The first kappa shape index (κ1) is 15.4. The van der Waals surface area contributed by atoms with Gasteiger partial charge in [-0.3, -0.25) is 0 Å². The van der Waals surface area contributed by atoms with Crippen molar-refractivity contribution in [3.8, 4) is 0 Å². The smallest absolute Gasteiger partial charge is 0.344 e. The third-order valence-corrected chi connectivity index (χ3v) is 4.73. The molecular weight excluding hydrogens is 319 g/mol. The number of alkyl halides is 3. The molecular formula is C16H18F3N5. The number of aromatic amines is 1. The Kier molecular flexibility index (Phi) is 3.69. The van der Waals surface area contributed by atoms with Gasteiger partial charge in [0.2, 0.25) is 5.95 Å². The third kappa shape index (κ3) is 2.74. The Morgan fingerprint density at radius 3 is 2.75 bits per heavy atom. The summed E-state index contributed by atoms with van der Waals surface area (Å²) >= 11 is 0. The lowest BCUT2D eigenvalue weighted by Crippen LogP contribution is -2.26. The number of aryl methyl sites for hydroxylation is 2. The lowest BCUT2D eigenvalue weighted by atomic mass is 10.0. The van der Waals surface area contributed by atoms with Crippen molar-refractivity contribution in [1.29, 1.82) is 0 Å². The van der Waals surface area contributed by atoms with Crippen molar-refractivity contribution < 1.29 is 13.2 Å². The van der Waals surface area contributed by atoms with Crippen molar-refractivity contribution >= 4 is 5.95 Å². The van der Waals surface area contributed by atoms with Crippen molar-refractivity contribution in [2.45, 2.75) is 50.7 Å². The molecule has 0 spiro atoms. The van der Waals surface area contributed by atoms with Crippen molar-refractivity contribution in [3.05, 3.63) is 35.2 Å². The SMILES string of the molecule is FC(F)(F)c1ccnc(N2CCCC2c2nc3c([nH]2)CCCC3)n1. The maximum atomic E-state index is 12.9. The molecule has 5 nitrogen and oxygen atoms in total. The van der Waals surface area contributed by atoms with Gasteiger partial charge in [-0.25, -0.2) is 15.0 Å². The van der Waals surface area contributed by atoms with E-state index in [9.17, 15) is 13.2 Å². The molecule has 2 aliphatic rings. The van der Waals surface area contributed by atoms with Gasteiger partial charge in [0.1, 0.15) is 11.5 Å². The van der Waals surface area contributed by atoms with Crippen LogP contribution in [0.5, 0.6) is 0 Å². The number of fused-ring (bicyclic) bond motifs is 1. The van der Waals surface area contributed by atoms with Gasteiger partial charge in [-0.2, -0.15) is 13.2 Å². The van der Waals surface area contributed by atoms with Gasteiger partial charge in [0.25, 0.3) is 0 Å². The summed E-state index contributed by atoms with van der Waals surface area (Å²) in [6, 6.07) is 0.819. The van der Waals surface area contributed by atoms with E-state index in [1.165, 1.54) is 11.9 Å². The van der Waals surface area contributed by atoms with Crippen molar-refractivity contribution in [2.75, 3.05) is 11.4 Å². The Bertz CT molecular complexity index is 716. The van der Waals surface area contributed by atoms with Gasteiger partial charge in [-0.1, -0.05) is 0 Å². The summed E-state index contributed by atoms with van der Waals surface area (Å²) in [6.07, 6.45) is 2.70. The average molecular weight is 337 g/mol. The second-order valence-corrected chi connectivity index (χ2v) is 6.35. The van der Waals surface area contributed by atoms with Crippen LogP contribution in [0.15, 0.2) is 12.3 Å². The first-order valence-electron chi connectivity index (χ1n) is 8.27. The second-order valence-electron chi connectivity index (χ2n) is 6.35. The number of imidazole rings is 1. The summed E-state index contributed by atoms with van der Waals surface area (Å²) in [7, 11) is 0. The van der Waals surface area contributed by atoms with Crippen molar-refractivity contribution in [3.63, 3.8) is 0 Å². The van der Waals surface area contributed by atoms with E-state index in [0.29, 0.717) is 6.54 Å². The van der Waals surface area contributed by atoms with Crippen LogP contribution < -0.4 is 4.90 Å². The summed E-state index contributed by atoms with van der Waals surface area (Å²) < 4.78 is 38.7. The number of anilines is 1. The lowest BCUT2D eigenvalue weighted by Gasteiger charge is -2.23. The van der Waals surface area contributed by atoms with Crippen LogP contribution in [0.3, 0.4) is 0 Å². The van der Waals surface area contributed by atoms with Gasteiger partial charge in [0.05, 0.1) is 11.7 Å². The fourth-order valence-corrected chi connectivity index (χ4v) is 3.57. The highest BCUT2D eigenvalue weighted by Gasteiger charge is 2.36. The zero-order valence-electron chi connectivity index (χ0n) is 13.1. The van der Waals surface area contributed by atoms with Gasteiger partial charge in [0, 0.05) is 18.4 Å². The lowest BCUT2D eigenvalue weighted by molar-refractivity contribution is -0.141. The van der Waals surface area contributed by atoms with Crippen LogP contribution in [0.4, 0.5) is 19.1 Å². The minimum Gasteiger partial charge on any atom is -0.344 e. The first-order chi connectivity index (χ1) is 11.5. The van der Waals surface area contributed by atoms with Gasteiger partial charge in [0.15, 0.2) is 0 Å². The molecule has 0 saturated carbocycles. The molecule has 4 rings (SSSR count). The number of H-pyrrole nitrogens is 1. The van der Waals surface area contributed by atoms with Crippen LogP contribution in [0, 0.1) is 0 Å². The van der Waals surface area contributed by atoms with Gasteiger partial charge in [-0.15, -0.1) is 0 Å². The van der Waals surface area contributed by atoms with E-state index in [2.05, 4.69) is 15.0 Å². The predicted octanol–water partition coefficient (Wildman–Crippen LogP) is 3.44. The summed E-state index contributed by atoms with van der Waals surface area (Å²) in [5, 5.41) is 0. The van der Waals surface area contributed by atoms with Crippen LogP contribution in [0.1, 0.15) is 54.6 Å². The van der Waals surface area contributed by atoms with Crippen LogP contribution >= 0.6 is 0 Å². The molecule has 1 aliphatic heterocycles. The van der Waals surface area contributed by atoms with Gasteiger partial charge < -0.3 is 9.88 Å². The molecule has 24 heavy (non-hydrogen) atoms. The van der Waals surface area contributed by atoms with Crippen LogP contribution in [-0.4, -0.2) is 26.5 Å². The summed E-state index contributed by atoms with van der Waals surface area (Å²) in [4.78, 5) is 17.7. The normalized spacial score (nSPS) is 21.1. The number of hydrogen-bond donors (Lipinski definition) is 1. The highest BCUT2D eigenvalue weighted by atomic mass is 19.4. The average Bonchev–Trinajstić information content (AvgIpc) is 3.20. The molecule has 2 aromatic rings. The van der Waals surface area contributed by atoms with E-state index in [4.69, 9.17) is 4.98 Å². The minimum atomic E-state index is -4.46. The van der Waals surface area contributed by atoms with Crippen LogP contribution in [0.25, 0.3) is 0 Å². The van der Waals surface area contributed by atoms with Crippen LogP contribution in [0.2, 0.25) is 0 Å². The van der Waals surface area contributed by atoms with Crippen molar-refractivity contribution in [2.24, 2.45) is 0 Å². The Morgan fingerprint density at radius 2 is 1.96 bits per heavy atom. The molecule has 0 aromatic carbocycles. The van der Waals surface area contributed by atoms with Crippen LogP contribution in [-0.2, 0) is 19.0 Å². The van der Waals surface area contributed by atoms with E-state index in [1.807, 2.05) is 4.90 Å². The molecule has 0 bridgehead atoms. The highest BCUT2D eigenvalue weighted by Crippen LogP contribution is 2.35. The summed E-state index contributed by atoms with van der Waals surface area (Å²) in [6.45, 7) is 0.636. The van der Waals surface area contributed by atoms with Gasteiger partial charge >= 0.3 is 6.18 Å². The maximum absolute atomic E-state index is 12.9. The maximum Gasteiger partial charge on any atom is 0.433 e. The van der Waals surface area contributed by atoms with Crippen molar-refractivity contribution in [1.82, 2.24) is 19.9 Å². The molecule has 1 aliphatic carbocycles. The number of rotatable bonds is 2. The Balaban J connectivity index is 1.64. The fraction of sp³-hybridized carbons (Fsp3) is 0.562. The van der Waals surface area contributed by atoms with Gasteiger partial charge in [-0.05, 0) is 44.6 Å². The molecule has 0 amide bonds. The Hall–Kier alpha value is -2.12.